The Labute approximate surface area is 112 Å². The second-order valence-corrected chi connectivity index (χ2v) is 4.66. The van der Waals surface area contributed by atoms with Gasteiger partial charge < -0.3 is 0 Å². The van der Waals surface area contributed by atoms with Crippen molar-refractivity contribution in [3.05, 3.63) is 71.9 Å². The van der Waals surface area contributed by atoms with Crippen LogP contribution in [0.25, 0.3) is 11.3 Å². The van der Waals surface area contributed by atoms with E-state index < -0.39 is 0 Å². The van der Waals surface area contributed by atoms with E-state index in [2.05, 4.69) is 41.5 Å². The van der Waals surface area contributed by atoms with Gasteiger partial charge in [0.25, 0.3) is 0 Å². The standard InChI is InChI=1S/C16H15N3/c1-13-6-5-7-14(10-13)11-19-12-16(17-18-19)15-8-3-2-4-9-15/h2-10,12H,11H2,1H3. The van der Waals surface area contributed by atoms with E-state index >= 15 is 0 Å². The molecule has 0 aliphatic rings. The summed E-state index contributed by atoms with van der Waals surface area (Å²) in [6.45, 7) is 2.85. The molecule has 3 nitrogen and oxygen atoms in total. The number of aromatic nitrogens is 3. The molecule has 3 aromatic rings. The lowest BCUT2D eigenvalue weighted by molar-refractivity contribution is 0.649. The molecule has 0 unspecified atom stereocenters. The lowest BCUT2D eigenvalue weighted by Crippen LogP contribution is -2.00. The number of hydrogen-bond acceptors (Lipinski definition) is 2. The van der Waals surface area contributed by atoms with Crippen LogP contribution in [0, 0.1) is 6.92 Å². The minimum atomic E-state index is 0.752. The van der Waals surface area contributed by atoms with E-state index in [-0.39, 0.29) is 0 Å². The molecule has 0 aliphatic heterocycles. The summed E-state index contributed by atoms with van der Waals surface area (Å²) < 4.78 is 1.87. The van der Waals surface area contributed by atoms with Crippen molar-refractivity contribution in [2.24, 2.45) is 0 Å². The Morgan fingerprint density at radius 2 is 1.84 bits per heavy atom. The van der Waals surface area contributed by atoms with Crippen molar-refractivity contribution in [2.75, 3.05) is 0 Å². The maximum absolute atomic E-state index is 4.22. The Balaban J connectivity index is 1.82. The quantitative estimate of drug-likeness (QED) is 0.713. The highest BCUT2D eigenvalue weighted by Crippen LogP contribution is 2.15. The molecule has 0 aliphatic carbocycles. The number of nitrogens with zero attached hydrogens (tertiary/aromatic N) is 3. The Hall–Kier alpha value is -2.42. The van der Waals surface area contributed by atoms with Crippen molar-refractivity contribution in [1.82, 2.24) is 15.0 Å². The summed E-state index contributed by atoms with van der Waals surface area (Å²) in [5.41, 5.74) is 4.51. The fraction of sp³-hybridized carbons (Fsp3) is 0.125. The van der Waals surface area contributed by atoms with Crippen LogP contribution >= 0.6 is 0 Å². The predicted molar refractivity (Wildman–Crippen MR) is 75.7 cm³/mol. The molecule has 0 radical (unpaired) electrons. The monoisotopic (exact) mass is 249 g/mol. The number of rotatable bonds is 3. The fourth-order valence-corrected chi connectivity index (χ4v) is 2.11. The highest BCUT2D eigenvalue weighted by atomic mass is 15.4. The molecule has 0 amide bonds. The Kier molecular flexibility index (Phi) is 3.11. The minimum absolute atomic E-state index is 0.752. The third kappa shape index (κ3) is 2.71. The van der Waals surface area contributed by atoms with E-state index in [9.17, 15) is 0 Å². The van der Waals surface area contributed by atoms with Crippen molar-refractivity contribution in [3.63, 3.8) is 0 Å². The summed E-state index contributed by atoms with van der Waals surface area (Å²) in [5.74, 6) is 0. The summed E-state index contributed by atoms with van der Waals surface area (Å²) >= 11 is 0. The summed E-state index contributed by atoms with van der Waals surface area (Å²) in [5, 5.41) is 8.40. The molecule has 0 bridgehead atoms. The molecule has 0 saturated carbocycles. The maximum Gasteiger partial charge on any atom is 0.113 e. The van der Waals surface area contributed by atoms with Gasteiger partial charge in [0.05, 0.1) is 12.7 Å². The molecule has 0 N–H and O–H groups in total. The van der Waals surface area contributed by atoms with Crippen LogP contribution in [0.15, 0.2) is 60.8 Å². The van der Waals surface area contributed by atoms with Crippen LogP contribution < -0.4 is 0 Å². The largest absolute Gasteiger partial charge is 0.247 e. The highest BCUT2D eigenvalue weighted by Gasteiger charge is 2.03. The molecule has 1 aromatic heterocycles. The first-order chi connectivity index (χ1) is 9.31. The van der Waals surface area contributed by atoms with Crippen LogP contribution in [-0.4, -0.2) is 15.0 Å². The van der Waals surface area contributed by atoms with E-state index in [0.717, 1.165) is 17.8 Å². The van der Waals surface area contributed by atoms with Gasteiger partial charge in [-0.25, -0.2) is 4.68 Å². The van der Waals surface area contributed by atoms with E-state index in [1.165, 1.54) is 11.1 Å². The third-order valence-corrected chi connectivity index (χ3v) is 3.04. The second kappa shape index (κ2) is 5.06. The van der Waals surface area contributed by atoms with Gasteiger partial charge in [0.1, 0.15) is 5.69 Å². The first-order valence-electron chi connectivity index (χ1n) is 6.32. The lowest BCUT2D eigenvalue weighted by Gasteiger charge is -2.01. The van der Waals surface area contributed by atoms with Crippen molar-refractivity contribution >= 4 is 0 Å². The first kappa shape index (κ1) is 11.7. The summed E-state index contributed by atoms with van der Waals surface area (Å²) in [6, 6.07) is 18.5. The van der Waals surface area contributed by atoms with E-state index in [0.29, 0.717) is 0 Å². The summed E-state index contributed by atoms with van der Waals surface area (Å²) in [7, 11) is 0. The smallest absolute Gasteiger partial charge is 0.113 e. The van der Waals surface area contributed by atoms with Gasteiger partial charge >= 0.3 is 0 Å². The molecule has 94 valence electrons. The molecule has 0 spiro atoms. The molecular formula is C16H15N3. The molecule has 0 atom stereocenters. The van der Waals surface area contributed by atoms with Crippen molar-refractivity contribution < 1.29 is 0 Å². The van der Waals surface area contributed by atoms with Crippen LogP contribution in [0.4, 0.5) is 0 Å². The third-order valence-electron chi connectivity index (χ3n) is 3.04. The average Bonchev–Trinajstić information content (AvgIpc) is 2.88. The Morgan fingerprint density at radius 1 is 1.00 bits per heavy atom. The van der Waals surface area contributed by atoms with Crippen molar-refractivity contribution in [1.29, 1.82) is 0 Å². The average molecular weight is 249 g/mol. The van der Waals surface area contributed by atoms with Gasteiger partial charge in [-0.05, 0) is 12.5 Å². The molecule has 19 heavy (non-hydrogen) atoms. The number of aryl methyl sites for hydroxylation is 1. The van der Waals surface area contributed by atoms with Gasteiger partial charge in [-0.1, -0.05) is 65.4 Å². The maximum atomic E-state index is 4.22. The highest BCUT2D eigenvalue weighted by molar-refractivity contribution is 5.57. The van der Waals surface area contributed by atoms with Crippen molar-refractivity contribution in [3.8, 4) is 11.3 Å². The van der Waals surface area contributed by atoms with Crippen molar-refractivity contribution in [2.45, 2.75) is 13.5 Å². The molecular weight excluding hydrogens is 234 g/mol. The predicted octanol–water partition coefficient (Wildman–Crippen LogP) is 3.30. The number of hydrogen-bond donors (Lipinski definition) is 0. The first-order valence-corrected chi connectivity index (χ1v) is 6.32. The van der Waals surface area contributed by atoms with Gasteiger partial charge in [-0.2, -0.15) is 0 Å². The van der Waals surface area contributed by atoms with Gasteiger partial charge in [-0.3, -0.25) is 0 Å². The van der Waals surface area contributed by atoms with E-state index in [4.69, 9.17) is 0 Å². The van der Waals surface area contributed by atoms with E-state index in [1.807, 2.05) is 41.2 Å². The zero-order valence-corrected chi connectivity index (χ0v) is 10.8. The molecule has 3 heteroatoms. The zero-order valence-electron chi connectivity index (χ0n) is 10.8. The molecule has 0 saturated heterocycles. The molecule has 2 aromatic carbocycles. The molecule has 3 rings (SSSR count). The second-order valence-electron chi connectivity index (χ2n) is 4.66. The Morgan fingerprint density at radius 3 is 2.63 bits per heavy atom. The summed E-state index contributed by atoms with van der Waals surface area (Å²) in [6.07, 6.45) is 1.98. The van der Waals surface area contributed by atoms with Crippen LogP contribution in [0.5, 0.6) is 0 Å². The Bertz CT molecular complexity index is 671. The summed E-state index contributed by atoms with van der Waals surface area (Å²) in [4.78, 5) is 0. The van der Waals surface area contributed by atoms with Gasteiger partial charge in [-0.15, -0.1) is 5.10 Å². The van der Waals surface area contributed by atoms with Crippen LogP contribution in [-0.2, 0) is 6.54 Å². The molecule has 1 heterocycles. The zero-order chi connectivity index (χ0) is 13.1. The van der Waals surface area contributed by atoms with Gasteiger partial charge in [0.15, 0.2) is 0 Å². The van der Waals surface area contributed by atoms with Crippen LogP contribution in [0.3, 0.4) is 0 Å². The van der Waals surface area contributed by atoms with Crippen LogP contribution in [0.2, 0.25) is 0 Å². The SMILES string of the molecule is Cc1cccc(Cn2cc(-c3ccccc3)nn2)c1. The van der Waals surface area contributed by atoms with Crippen LogP contribution in [0.1, 0.15) is 11.1 Å². The normalized spacial score (nSPS) is 10.6. The minimum Gasteiger partial charge on any atom is -0.247 e. The topological polar surface area (TPSA) is 30.7 Å². The lowest BCUT2D eigenvalue weighted by atomic mass is 10.1. The molecule has 0 fully saturated rings. The van der Waals surface area contributed by atoms with E-state index in [1.54, 1.807) is 0 Å². The van der Waals surface area contributed by atoms with Gasteiger partial charge in [0.2, 0.25) is 0 Å². The number of benzene rings is 2. The fourth-order valence-electron chi connectivity index (χ4n) is 2.11. The van der Waals surface area contributed by atoms with Gasteiger partial charge in [0, 0.05) is 5.56 Å².